The van der Waals surface area contributed by atoms with E-state index < -0.39 is 11.8 Å². The number of nitrogens with one attached hydrogen (secondary N) is 2. The Morgan fingerprint density at radius 1 is 1.25 bits per heavy atom. The summed E-state index contributed by atoms with van der Waals surface area (Å²) in [6.07, 6.45) is 0.631. The molecule has 2 amide bonds. The van der Waals surface area contributed by atoms with Gasteiger partial charge in [0, 0.05) is 13.1 Å². The first-order chi connectivity index (χ1) is 9.72. The molecule has 0 spiro atoms. The molecule has 1 aliphatic heterocycles. The van der Waals surface area contributed by atoms with Gasteiger partial charge >= 0.3 is 11.8 Å². The van der Waals surface area contributed by atoms with Crippen molar-refractivity contribution in [3.63, 3.8) is 0 Å². The Bertz CT molecular complexity index is 490. The zero-order valence-corrected chi connectivity index (χ0v) is 11.1. The highest BCUT2D eigenvalue weighted by Gasteiger charge is 2.22. The second kappa shape index (κ2) is 7.02. The molecule has 0 saturated heterocycles. The minimum absolute atomic E-state index is 0.0645. The maximum Gasteiger partial charge on any atom is 0.309 e. The number of amides is 2. The molecule has 20 heavy (non-hydrogen) atoms. The number of carbonyl (C=O) groups is 2. The van der Waals surface area contributed by atoms with Crippen molar-refractivity contribution in [2.75, 3.05) is 26.3 Å². The van der Waals surface area contributed by atoms with Crippen LogP contribution >= 0.6 is 0 Å². The number of carbonyl (C=O) groups excluding carboxylic acids is 2. The summed E-state index contributed by atoms with van der Waals surface area (Å²) in [6, 6.07) is 7.91. The van der Waals surface area contributed by atoms with E-state index in [1.54, 1.807) is 0 Å². The number of benzene rings is 1. The summed E-state index contributed by atoms with van der Waals surface area (Å²) in [6.45, 7) is 0.726. The molecule has 0 aliphatic carbocycles. The van der Waals surface area contributed by atoms with E-state index in [0.717, 1.165) is 12.0 Å². The molecule has 1 heterocycles. The number of rotatable bonds is 4. The maximum absolute atomic E-state index is 11.5. The van der Waals surface area contributed by atoms with Gasteiger partial charge in [-0.3, -0.25) is 9.59 Å². The van der Waals surface area contributed by atoms with Gasteiger partial charge in [0.05, 0.1) is 13.2 Å². The van der Waals surface area contributed by atoms with Crippen LogP contribution in [0.4, 0.5) is 0 Å². The predicted octanol–water partition coefficient (Wildman–Crippen LogP) is -0.475. The molecule has 6 heteroatoms. The van der Waals surface area contributed by atoms with E-state index >= 15 is 0 Å². The Balaban J connectivity index is 1.89. The monoisotopic (exact) mass is 278 g/mol. The van der Waals surface area contributed by atoms with Gasteiger partial charge in [-0.1, -0.05) is 24.3 Å². The summed E-state index contributed by atoms with van der Waals surface area (Å²) in [5.41, 5.74) is 2.26. The smallest absolute Gasteiger partial charge is 0.309 e. The van der Waals surface area contributed by atoms with Gasteiger partial charge in [-0.2, -0.15) is 0 Å². The largest absolute Gasteiger partial charge is 0.395 e. The number of ether oxygens (including phenoxy) is 1. The van der Waals surface area contributed by atoms with E-state index in [1.165, 1.54) is 5.56 Å². The molecule has 0 bridgehead atoms. The highest BCUT2D eigenvalue weighted by Crippen LogP contribution is 2.25. The van der Waals surface area contributed by atoms with Gasteiger partial charge < -0.3 is 20.5 Å². The second-order valence-corrected chi connectivity index (χ2v) is 4.50. The molecule has 2 rings (SSSR count). The first-order valence-electron chi connectivity index (χ1n) is 6.58. The minimum Gasteiger partial charge on any atom is -0.395 e. The molecule has 1 aromatic carbocycles. The predicted molar refractivity (Wildman–Crippen MR) is 71.9 cm³/mol. The molecule has 1 aromatic rings. The maximum atomic E-state index is 11.5. The molecular formula is C14H18N2O4. The molecule has 1 unspecified atom stereocenters. The van der Waals surface area contributed by atoms with Crippen molar-refractivity contribution in [1.82, 2.24) is 10.6 Å². The van der Waals surface area contributed by atoms with Crippen molar-refractivity contribution in [3.05, 3.63) is 35.4 Å². The van der Waals surface area contributed by atoms with Crippen LogP contribution in [0.5, 0.6) is 0 Å². The number of fused-ring (bicyclic) bond motifs is 1. The molecule has 108 valence electrons. The molecule has 0 fully saturated rings. The van der Waals surface area contributed by atoms with Crippen LogP contribution in [0.2, 0.25) is 0 Å². The van der Waals surface area contributed by atoms with E-state index in [-0.39, 0.29) is 25.8 Å². The van der Waals surface area contributed by atoms with Gasteiger partial charge in [-0.15, -0.1) is 0 Å². The normalized spacial score (nSPS) is 17.1. The lowest BCUT2D eigenvalue weighted by molar-refractivity contribution is -0.139. The zero-order chi connectivity index (χ0) is 14.4. The first-order valence-corrected chi connectivity index (χ1v) is 6.58. The fourth-order valence-corrected chi connectivity index (χ4v) is 2.16. The number of aliphatic hydroxyl groups is 1. The summed E-state index contributed by atoms with van der Waals surface area (Å²) < 4.78 is 5.63. The number of hydrogen-bond donors (Lipinski definition) is 3. The summed E-state index contributed by atoms with van der Waals surface area (Å²) in [5.74, 6) is -1.46. The molecule has 3 N–H and O–H groups in total. The first kappa shape index (κ1) is 14.5. The number of hydrogen-bond acceptors (Lipinski definition) is 4. The summed E-state index contributed by atoms with van der Waals surface area (Å²) in [5, 5.41) is 13.4. The van der Waals surface area contributed by atoms with Crippen LogP contribution in [-0.2, 0) is 20.7 Å². The van der Waals surface area contributed by atoms with E-state index in [2.05, 4.69) is 10.6 Å². The molecular weight excluding hydrogens is 260 g/mol. The standard InChI is InChI=1S/C14H18N2O4/c17-7-6-15-13(18)14(19)16-9-12-11-4-2-1-3-10(11)5-8-20-12/h1-4,12,17H,5-9H2,(H,15,18)(H,16,19). The topological polar surface area (TPSA) is 87.7 Å². The Hall–Kier alpha value is -1.92. The van der Waals surface area contributed by atoms with Crippen LogP contribution in [0.1, 0.15) is 17.2 Å². The van der Waals surface area contributed by atoms with Crippen molar-refractivity contribution in [3.8, 4) is 0 Å². The highest BCUT2D eigenvalue weighted by molar-refractivity contribution is 6.35. The van der Waals surface area contributed by atoms with Crippen LogP contribution in [0.3, 0.4) is 0 Å². The average molecular weight is 278 g/mol. The van der Waals surface area contributed by atoms with Crippen molar-refractivity contribution in [1.29, 1.82) is 0 Å². The SMILES string of the molecule is O=C(NCCO)C(=O)NCC1OCCc2ccccc21. The highest BCUT2D eigenvalue weighted by atomic mass is 16.5. The zero-order valence-electron chi connectivity index (χ0n) is 11.1. The van der Waals surface area contributed by atoms with Crippen molar-refractivity contribution >= 4 is 11.8 Å². The lowest BCUT2D eigenvalue weighted by Crippen LogP contribution is -2.42. The fraction of sp³-hybridized carbons (Fsp3) is 0.429. The fourth-order valence-electron chi connectivity index (χ4n) is 2.16. The third kappa shape index (κ3) is 3.55. The second-order valence-electron chi connectivity index (χ2n) is 4.50. The van der Waals surface area contributed by atoms with Crippen LogP contribution in [0.25, 0.3) is 0 Å². The lowest BCUT2D eigenvalue weighted by Gasteiger charge is -2.26. The number of aliphatic hydroxyl groups excluding tert-OH is 1. The van der Waals surface area contributed by atoms with Gasteiger partial charge in [-0.25, -0.2) is 0 Å². The molecule has 1 atom stereocenters. The van der Waals surface area contributed by atoms with Gasteiger partial charge in [0.25, 0.3) is 0 Å². The molecule has 0 saturated carbocycles. The van der Waals surface area contributed by atoms with Crippen LogP contribution in [0, 0.1) is 0 Å². The summed E-state index contributed by atoms with van der Waals surface area (Å²) in [4.78, 5) is 22.9. The molecule has 6 nitrogen and oxygen atoms in total. The van der Waals surface area contributed by atoms with E-state index in [9.17, 15) is 9.59 Å². The van der Waals surface area contributed by atoms with Gasteiger partial charge in [0.15, 0.2) is 0 Å². The van der Waals surface area contributed by atoms with Crippen LogP contribution in [-0.4, -0.2) is 43.2 Å². The average Bonchev–Trinajstić information content (AvgIpc) is 2.50. The summed E-state index contributed by atoms with van der Waals surface area (Å²) >= 11 is 0. The quantitative estimate of drug-likeness (QED) is 0.650. The van der Waals surface area contributed by atoms with Gasteiger partial charge in [0.2, 0.25) is 0 Å². The van der Waals surface area contributed by atoms with Crippen LogP contribution in [0.15, 0.2) is 24.3 Å². The van der Waals surface area contributed by atoms with Crippen molar-refractivity contribution in [2.45, 2.75) is 12.5 Å². The van der Waals surface area contributed by atoms with Gasteiger partial charge in [-0.05, 0) is 17.5 Å². The third-order valence-electron chi connectivity index (χ3n) is 3.14. The van der Waals surface area contributed by atoms with E-state index in [4.69, 9.17) is 9.84 Å². The van der Waals surface area contributed by atoms with Crippen molar-refractivity contribution in [2.24, 2.45) is 0 Å². The molecule has 0 radical (unpaired) electrons. The molecule has 1 aliphatic rings. The third-order valence-corrected chi connectivity index (χ3v) is 3.14. The Morgan fingerprint density at radius 2 is 2.00 bits per heavy atom. The Labute approximate surface area is 117 Å². The molecule has 0 aromatic heterocycles. The Kier molecular flexibility index (Phi) is 5.09. The van der Waals surface area contributed by atoms with Crippen molar-refractivity contribution < 1.29 is 19.4 Å². The minimum atomic E-state index is -0.747. The Morgan fingerprint density at radius 3 is 2.80 bits per heavy atom. The van der Waals surface area contributed by atoms with E-state index in [1.807, 2.05) is 24.3 Å². The lowest BCUT2D eigenvalue weighted by atomic mass is 9.97. The van der Waals surface area contributed by atoms with Gasteiger partial charge in [0.1, 0.15) is 6.10 Å². The van der Waals surface area contributed by atoms with E-state index in [0.29, 0.717) is 6.61 Å². The summed E-state index contributed by atoms with van der Waals surface area (Å²) in [7, 11) is 0. The van der Waals surface area contributed by atoms with Crippen LogP contribution < -0.4 is 10.6 Å².